The maximum absolute atomic E-state index is 10.2. The first-order valence-corrected chi connectivity index (χ1v) is 5.64. The zero-order valence-electron chi connectivity index (χ0n) is 7.74. The maximum atomic E-state index is 10.2. The largest absolute Gasteiger partial charge is 0.484 e. The molecule has 15 heavy (non-hydrogen) atoms. The summed E-state index contributed by atoms with van der Waals surface area (Å²) in [5.74, 6) is 0.723. The SMILES string of the molecule is O=CC=CC1Cc2cc(Br)cc(Cl)c2O1. The molecule has 1 aliphatic heterocycles. The summed E-state index contributed by atoms with van der Waals surface area (Å²) in [6, 6.07) is 3.78. The molecule has 1 atom stereocenters. The Morgan fingerprint density at radius 3 is 3.07 bits per heavy atom. The van der Waals surface area contributed by atoms with Crippen LogP contribution in [0.25, 0.3) is 0 Å². The molecule has 0 spiro atoms. The van der Waals surface area contributed by atoms with E-state index in [4.69, 9.17) is 16.3 Å². The molecule has 4 heteroatoms. The number of hydrogen-bond donors (Lipinski definition) is 0. The van der Waals surface area contributed by atoms with Crippen LogP contribution in [0, 0.1) is 0 Å². The molecule has 1 heterocycles. The van der Waals surface area contributed by atoms with Gasteiger partial charge in [0.15, 0.2) is 0 Å². The second-order valence-corrected chi connectivity index (χ2v) is 4.58. The summed E-state index contributed by atoms with van der Waals surface area (Å²) < 4.78 is 6.54. The van der Waals surface area contributed by atoms with Crippen LogP contribution in [0.5, 0.6) is 5.75 Å². The Hall–Kier alpha value is -0.800. The lowest BCUT2D eigenvalue weighted by Gasteiger charge is -2.05. The van der Waals surface area contributed by atoms with Gasteiger partial charge in [-0.15, -0.1) is 0 Å². The molecule has 0 amide bonds. The molecule has 0 N–H and O–H groups in total. The minimum Gasteiger partial charge on any atom is -0.484 e. The molecule has 1 unspecified atom stereocenters. The molecular formula is C11H8BrClO2. The Morgan fingerprint density at radius 2 is 2.33 bits per heavy atom. The van der Waals surface area contributed by atoms with E-state index in [0.29, 0.717) is 5.02 Å². The second-order valence-electron chi connectivity index (χ2n) is 3.26. The van der Waals surface area contributed by atoms with Crippen LogP contribution in [0.15, 0.2) is 28.8 Å². The van der Waals surface area contributed by atoms with Crippen LogP contribution in [0.4, 0.5) is 0 Å². The predicted octanol–water partition coefficient (Wildman–Crippen LogP) is 3.16. The fourth-order valence-corrected chi connectivity index (χ4v) is 2.50. The third kappa shape index (κ3) is 2.24. The number of benzene rings is 1. The van der Waals surface area contributed by atoms with E-state index in [0.717, 1.165) is 28.5 Å². The minimum absolute atomic E-state index is 0.0861. The van der Waals surface area contributed by atoms with Gasteiger partial charge in [-0.2, -0.15) is 0 Å². The molecule has 0 saturated heterocycles. The molecule has 2 nitrogen and oxygen atoms in total. The molecule has 0 saturated carbocycles. The van der Waals surface area contributed by atoms with Crippen LogP contribution in [0.2, 0.25) is 5.02 Å². The first-order chi connectivity index (χ1) is 7.20. The van der Waals surface area contributed by atoms with Gasteiger partial charge in [0.25, 0.3) is 0 Å². The van der Waals surface area contributed by atoms with E-state index < -0.39 is 0 Å². The predicted molar refractivity (Wildman–Crippen MR) is 62.5 cm³/mol. The minimum atomic E-state index is -0.0861. The first-order valence-electron chi connectivity index (χ1n) is 4.47. The average Bonchev–Trinajstić information content (AvgIpc) is 2.57. The average molecular weight is 288 g/mol. The van der Waals surface area contributed by atoms with Crippen LogP contribution < -0.4 is 4.74 Å². The lowest BCUT2D eigenvalue weighted by atomic mass is 10.1. The van der Waals surface area contributed by atoms with Gasteiger partial charge in [-0.25, -0.2) is 0 Å². The molecule has 0 aromatic heterocycles. The van der Waals surface area contributed by atoms with Gasteiger partial charge in [0.05, 0.1) is 5.02 Å². The van der Waals surface area contributed by atoms with Crippen LogP contribution >= 0.6 is 27.5 Å². The maximum Gasteiger partial charge on any atom is 0.142 e. The molecule has 1 aromatic carbocycles. The van der Waals surface area contributed by atoms with Crippen LogP contribution in [-0.2, 0) is 11.2 Å². The fraction of sp³-hybridized carbons (Fsp3) is 0.182. The van der Waals surface area contributed by atoms with Crippen molar-refractivity contribution in [3.63, 3.8) is 0 Å². The van der Waals surface area contributed by atoms with Crippen molar-refractivity contribution < 1.29 is 9.53 Å². The fourth-order valence-electron chi connectivity index (χ4n) is 1.58. The molecule has 1 aromatic rings. The number of allylic oxidation sites excluding steroid dienone is 1. The van der Waals surface area contributed by atoms with Crippen molar-refractivity contribution in [3.05, 3.63) is 39.3 Å². The Morgan fingerprint density at radius 1 is 1.53 bits per heavy atom. The Labute approximate surface area is 101 Å². The van der Waals surface area contributed by atoms with E-state index in [1.807, 2.05) is 6.07 Å². The molecule has 0 fully saturated rings. The van der Waals surface area contributed by atoms with E-state index >= 15 is 0 Å². The molecular weight excluding hydrogens is 279 g/mol. The van der Waals surface area contributed by atoms with Gasteiger partial charge in [-0.05, 0) is 24.3 Å². The Bertz CT molecular complexity index is 429. The first kappa shape index (κ1) is 10.7. The number of carbonyl (C=O) groups is 1. The van der Waals surface area contributed by atoms with E-state index in [1.54, 1.807) is 12.1 Å². The number of fused-ring (bicyclic) bond motifs is 1. The molecule has 1 aliphatic rings. The topological polar surface area (TPSA) is 26.3 Å². The van der Waals surface area contributed by atoms with Crippen molar-refractivity contribution >= 4 is 33.8 Å². The number of hydrogen-bond acceptors (Lipinski definition) is 2. The highest BCUT2D eigenvalue weighted by Crippen LogP contribution is 2.38. The van der Waals surface area contributed by atoms with E-state index in [-0.39, 0.29) is 6.10 Å². The van der Waals surface area contributed by atoms with Gasteiger partial charge >= 0.3 is 0 Å². The number of halogens is 2. The molecule has 0 radical (unpaired) electrons. The van der Waals surface area contributed by atoms with Crippen LogP contribution in [0.1, 0.15) is 5.56 Å². The summed E-state index contributed by atoms with van der Waals surface area (Å²) in [4.78, 5) is 10.2. The zero-order chi connectivity index (χ0) is 10.8. The summed E-state index contributed by atoms with van der Waals surface area (Å²) in [6.07, 6.45) is 4.58. The normalized spacial score (nSPS) is 18.9. The highest BCUT2D eigenvalue weighted by molar-refractivity contribution is 9.10. The standard InChI is InChI=1S/C11H8BrClO2/c12-8-4-7-5-9(2-1-3-14)15-11(7)10(13)6-8/h1-4,6,9H,5H2. The lowest BCUT2D eigenvalue weighted by molar-refractivity contribution is -0.104. The monoisotopic (exact) mass is 286 g/mol. The summed E-state index contributed by atoms with van der Waals surface area (Å²) >= 11 is 9.40. The van der Waals surface area contributed by atoms with Gasteiger partial charge in [0.1, 0.15) is 18.1 Å². The molecule has 0 bridgehead atoms. The van der Waals surface area contributed by atoms with Crippen molar-refractivity contribution in [3.8, 4) is 5.75 Å². The van der Waals surface area contributed by atoms with Crippen molar-refractivity contribution in [2.75, 3.05) is 0 Å². The number of rotatable bonds is 2. The molecule has 78 valence electrons. The zero-order valence-corrected chi connectivity index (χ0v) is 10.1. The number of ether oxygens (including phenoxy) is 1. The lowest BCUT2D eigenvalue weighted by Crippen LogP contribution is -2.08. The van der Waals surface area contributed by atoms with E-state index in [2.05, 4.69) is 15.9 Å². The Kier molecular flexibility index (Phi) is 3.12. The third-order valence-electron chi connectivity index (χ3n) is 2.18. The third-order valence-corrected chi connectivity index (χ3v) is 2.92. The number of carbonyl (C=O) groups excluding carboxylic acids is 1. The van der Waals surface area contributed by atoms with Gasteiger partial charge in [0, 0.05) is 16.5 Å². The quantitative estimate of drug-likeness (QED) is 0.617. The second kappa shape index (κ2) is 4.37. The van der Waals surface area contributed by atoms with Gasteiger partial charge in [-0.1, -0.05) is 27.5 Å². The smallest absolute Gasteiger partial charge is 0.142 e. The summed E-state index contributed by atoms with van der Waals surface area (Å²) in [5.41, 5.74) is 1.06. The van der Waals surface area contributed by atoms with E-state index in [9.17, 15) is 4.79 Å². The van der Waals surface area contributed by atoms with Crippen molar-refractivity contribution in [1.29, 1.82) is 0 Å². The van der Waals surface area contributed by atoms with Crippen molar-refractivity contribution in [1.82, 2.24) is 0 Å². The van der Waals surface area contributed by atoms with Gasteiger partial charge in [0.2, 0.25) is 0 Å². The van der Waals surface area contributed by atoms with Crippen LogP contribution in [0.3, 0.4) is 0 Å². The Balaban J connectivity index is 2.27. The molecule has 0 aliphatic carbocycles. The van der Waals surface area contributed by atoms with Crippen molar-refractivity contribution in [2.45, 2.75) is 12.5 Å². The highest BCUT2D eigenvalue weighted by Gasteiger charge is 2.23. The van der Waals surface area contributed by atoms with Crippen molar-refractivity contribution in [2.24, 2.45) is 0 Å². The van der Waals surface area contributed by atoms with Gasteiger partial charge in [-0.3, -0.25) is 4.79 Å². The number of aldehydes is 1. The highest BCUT2D eigenvalue weighted by atomic mass is 79.9. The molecule has 2 rings (SSSR count). The van der Waals surface area contributed by atoms with Crippen LogP contribution in [-0.4, -0.2) is 12.4 Å². The summed E-state index contributed by atoms with van der Waals surface area (Å²) in [5, 5.41) is 0.598. The van der Waals surface area contributed by atoms with Gasteiger partial charge < -0.3 is 4.74 Å². The van der Waals surface area contributed by atoms with E-state index in [1.165, 1.54) is 6.08 Å². The summed E-state index contributed by atoms with van der Waals surface area (Å²) in [6.45, 7) is 0. The summed E-state index contributed by atoms with van der Waals surface area (Å²) in [7, 11) is 0.